The average Bonchev–Trinajstić information content (AvgIpc) is 2.42. The molecule has 0 aliphatic heterocycles. The van der Waals surface area contributed by atoms with Gasteiger partial charge in [-0.1, -0.05) is 18.7 Å². The number of amides is 1. The first-order chi connectivity index (χ1) is 12.3. The molecule has 162 valence electrons. The first kappa shape index (κ1) is 26.6. The van der Waals surface area contributed by atoms with Crippen molar-refractivity contribution in [3.8, 4) is 0 Å². The van der Waals surface area contributed by atoms with Crippen molar-refractivity contribution >= 4 is 25.8 Å². The molecule has 0 spiro atoms. The highest BCUT2D eigenvalue weighted by Crippen LogP contribution is 2.23. The van der Waals surface area contributed by atoms with Crippen molar-refractivity contribution < 1.29 is 21.6 Å². The highest BCUT2D eigenvalue weighted by atomic mass is 32.2. The minimum absolute atomic E-state index is 0.0234. The van der Waals surface area contributed by atoms with Crippen LogP contribution in [0, 0.1) is 0 Å². The van der Waals surface area contributed by atoms with E-state index in [2.05, 4.69) is 16.6 Å². The Hall–Kier alpha value is -1.45. The van der Waals surface area contributed by atoms with Crippen LogP contribution in [-0.2, 0) is 24.7 Å². The number of allylic oxidation sites excluding steroid dienone is 1. The number of carbonyl (C=O) groups excluding carboxylic acids is 1. The van der Waals surface area contributed by atoms with Gasteiger partial charge in [0, 0.05) is 21.9 Å². The van der Waals surface area contributed by atoms with Gasteiger partial charge in [0.05, 0.1) is 4.75 Å². The fraction of sp³-hybridized carbons (Fsp3) is 0.632. The number of rotatable bonds is 10. The second-order valence-corrected chi connectivity index (χ2v) is 13.0. The van der Waals surface area contributed by atoms with Crippen LogP contribution in [-0.4, -0.2) is 38.6 Å². The summed E-state index contributed by atoms with van der Waals surface area (Å²) in [7, 11) is -7.31. The van der Waals surface area contributed by atoms with E-state index in [4.69, 9.17) is 0 Å². The minimum atomic E-state index is -3.78. The van der Waals surface area contributed by atoms with Gasteiger partial charge >= 0.3 is 0 Å². The molecule has 0 rings (SSSR count). The molecule has 0 aromatic rings. The van der Waals surface area contributed by atoms with Crippen molar-refractivity contribution in [3.63, 3.8) is 0 Å². The van der Waals surface area contributed by atoms with Crippen LogP contribution in [0.25, 0.3) is 0 Å². The Kier molecular flexibility index (Phi) is 8.88. The van der Waals surface area contributed by atoms with Crippen LogP contribution in [0.2, 0.25) is 0 Å². The molecule has 7 nitrogen and oxygen atoms in total. The number of nitrogens with one attached hydrogen (secondary N) is 2. The Morgan fingerprint density at radius 2 is 1.46 bits per heavy atom. The number of hydrogen-bond acceptors (Lipinski definition) is 5. The third-order valence-electron chi connectivity index (χ3n) is 3.69. The molecule has 0 unspecified atom stereocenters. The van der Waals surface area contributed by atoms with Gasteiger partial charge in [0.1, 0.15) is 0 Å². The molecule has 1 amide bonds. The van der Waals surface area contributed by atoms with E-state index in [9.17, 15) is 21.6 Å². The van der Waals surface area contributed by atoms with Crippen molar-refractivity contribution in [2.24, 2.45) is 0 Å². The first-order valence-corrected chi connectivity index (χ1v) is 12.0. The van der Waals surface area contributed by atoms with Crippen LogP contribution >= 0.6 is 0 Å². The Labute approximate surface area is 170 Å². The number of hydrogen-bond donors (Lipinski definition) is 2. The molecule has 0 fully saturated rings. The lowest BCUT2D eigenvalue weighted by atomic mass is 10.0. The van der Waals surface area contributed by atoms with Gasteiger partial charge in [-0.25, -0.2) is 21.6 Å². The Morgan fingerprint density at radius 3 is 1.93 bits per heavy atom. The van der Waals surface area contributed by atoms with Crippen LogP contribution in [0.15, 0.2) is 35.6 Å². The fourth-order valence-corrected chi connectivity index (χ4v) is 4.18. The van der Waals surface area contributed by atoms with E-state index in [0.717, 1.165) is 10.8 Å². The van der Waals surface area contributed by atoms with Gasteiger partial charge in [0.15, 0.2) is 9.84 Å². The van der Waals surface area contributed by atoms with Gasteiger partial charge in [-0.05, 0) is 67.4 Å². The molecule has 0 aliphatic carbocycles. The van der Waals surface area contributed by atoms with E-state index in [1.165, 1.54) is 26.0 Å². The van der Waals surface area contributed by atoms with Crippen LogP contribution in [0.5, 0.6) is 0 Å². The normalized spacial score (nSPS) is 14.5. The van der Waals surface area contributed by atoms with Crippen molar-refractivity contribution in [2.45, 2.75) is 77.1 Å². The smallest absolute Gasteiger partial charge is 0.244 e. The van der Waals surface area contributed by atoms with Crippen molar-refractivity contribution in [1.82, 2.24) is 10.0 Å². The lowest BCUT2D eigenvalue weighted by molar-refractivity contribution is -0.117. The number of sulfonamides is 1. The molecule has 2 N–H and O–H groups in total. The van der Waals surface area contributed by atoms with E-state index in [1.807, 2.05) is 20.8 Å². The van der Waals surface area contributed by atoms with Crippen LogP contribution < -0.4 is 10.0 Å². The molecule has 0 saturated carbocycles. The molecular weight excluding hydrogens is 400 g/mol. The molecular formula is C19H34N2O5S2. The lowest BCUT2D eigenvalue weighted by Gasteiger charge is -2.24. The SMILES string of the molecule is C=CS(=O)(=O)C(C)(C)C/C=C/S(=O)(=O)NC(C)(C)C/C=C\C(=O)NC(C)(C)C. The van der Waals surface area contributed by atoms with Gasteiger partial charge in [0.2, 0.25) is 15.9 Å². The standard InChI is InChI=1S/C19H34N2O5S2/c1-9-27(23,24)19(7,8)14-11-15-28(25,26)21-18(5,6)13-10-12-16(22)20-17(2,3)4/h9-12,15,21H,1,13-14H2,2-8H3,(H,20,22)/b12-10-,15-11+. The Morgan fingerprint density at radius 1 is 0.929 bits per heavy atom. The first-order valence-electron chi connectivity index (χ1n) is 8.89. The molecule has 0 aromatic carbocycles. The largest absolute Gasteiger partial charge is 0.348 e. The summed E-state index contributed by atoms with van der Waals surface area (Å²) in [6, 6.07) is 0. The van der Waals surface area contributed by atoms with E-state index in [0.29, 0.717) is 6.42 Å². The molecule has 0 aromatic heterocycles. The summed E-state index contributed by atoms with van der Waals surface area (Å²) in [6.45, 7) is 15.3. The lowest BCUT2D eigenvalue weighted by Crippen LogP contribution is -2.42. The zero-order valence-electron chi connectivity index (χ0n) is 17.9. The molecule has 28 heavy (non-hydrogen) atoms. The third kappa shape index (κ3) is 10.2. The topological polar surface area (TPSA) is 109 Å². The molecule has 0 radical (unpaired) electrons. The monoisotopic (exact) mass is 434 g/mol. The average molecular weight is 435 g/mol. The van der Waals surface area contributed by atoms with E-state index in [-0.39, 0.29) is 17.9 Å². The summed E-state index contributed by atoms with van der Waals surface area (Å²) in [5, 5.41) is 4.62. The quantitative estimate of drug-likeness (QED) is 0.514. The number of sulfone groups is 1. The summed E-state index contributed by atoms with van der Waals surface area (Å²) in [4.78, 5) is 11.8. The summed E-state index contributed by atoms with van der Waals surface area (Å²) in [5.41, 5.74) is -1.18. The maximum Gasteiger partial charge on any atom is 0.244 e. The summed E-state index contributed by atoms with van der Waals surface area (Å²) in [5.74, 6) is -0.253. The number of carbonyl (C=O) groups is 1. The second kappa shape index (κ2) is 9.37. The maximum atomic E-state index is 12.3. The molecule has 0 saturated heterocycles. The van der Waals surface area contributed by atoms with Crippen LogP contribution in [0.3, 0.4) is 0 Å². The van der Waals surface area contributed by atoms with Gasteiger partial charge in [-0.3, -0.25) is 4.79 Å². The molecule has 9 heteroatoms. The van der Waals surface area contributed by atoms with Gasteiger partial charge in [-0.2, -0.15) is 0 Å². The zero-order valence-corrected chi connectivity index (χ0v) is 19.5. The third-order valence-corrected chi connectivity index (χ3v) is 7.22. The minimum Gasteiger partial charge on any atom is -0.348 e. The van der Waals surface area contributed by atoms with Crippen molar-refractivity contribution in [3.05, 3.63) is 35.6 Å². The second-order valence-electron chi connectivity index (χ2n) is 8.92. The van der Waals surface area contributed by atoms with Gasteiger partial charge in [-0.15, -0.1) is 0 Å². The van der Waals surface area contributed by atoms with Gasteiger partial charge < -0.3 is 5.32 Å². The van der Waals surface area contributed by atoms with Gasteiger partial charge in [0.25, 0.3) is 0 Å². The van der Waals surface area contributed by atoms with Crippen LogP contribution in [0.4, 0.5) is 0 Å². The molecule has 0 aliphatic rings. The predicted molar refractivity (Wildman–Crippen MR) is 115 cm³/mol. The molecule has 0 heterocycles. The fourth-order valence-electron chi connectivity index (χ4n) is 2.13. The zero-order chi connectivity index (χ0) is 22.4. The highest BCUT2D eigenvalue weighted by Gasteiger charge is 2.30. The summed E-state index contributed by atoms with van der Waals surface area (Å²) in [6.07, 6.45) is 4.61. The van der Waals surface area contributed by atoms with Crippen molar-refractivity contribution in [2.75, 3.05) is 0 Å². The summed E-state index contributed by atoms with van der Waals surface area (Å²) >= 11 is 0. The van der Waals surface area contributed by atoms with E-state index < -0.39 is 30.1 Å². The Balaban J connectivity index is 4.94. The molecule has 0 atom stereocenters. The van der Waals surface area contributed by atoms with Crippen LogP contribution in [0.1, 0.15) is 61.3 Å². The van der Waals surface area contributed by atoms with E-state index in [1.54, 1.807) is 19.9 Å². The Bertz CT molecular complexity index is 828. The molecule has 0 bridgehead atoms. The summed E-state index contributed by atoms with van der Waals surface area (Å²) < 4.78 is 49.7. The highest BCUT2D eigenvalue weighted by molar-refractivity contribution is 7.95. The maximum absolute atomic E-state index is 12.3. The van der Waals surface area contributed by atoms with Crippen molar-refractivity contribution in [1.29, 1.82) is 0 Å². The van der Waals surface area contributed by atoms with E-state index >= 15 is 0 Å². The predicted octanol–water partition coefficient (Wildman–Crippen LogP) is 2.79.